The van der Waals surface area contributed by atoms with Gasteiger partial charge in [0.15, 0.2) is 0 Å². The average molecular weight is 163 g/mol. The second-order valence-corrected chi connectivity index (χ2v) is 3.20. The van der Waals surface area contributed by atoms with Crippen molar-refractivity contribution in [3.63, 3.8) is 0 Å². The zero-order chi connectivity index (χ0) is 8.39. The highest BCUT2D eigenvalue weighted by Crippen LogP contribution is 2.23. The summed E-state index contributed by atoms with van der Waals surface area (Å²) in [5.41, 5.74) is 2.30. The first kappa shape index (κ1) is 7.77. The van der Waals surface area contributed by atoms with Gasteiger partial charge in [0.1, 0.15) is 0 Å². The van der Waals surface area contributed by atoms with Gasteiger partial charge in [-0.05, 0) is 24.1 Å². The van der Waals surface area contributed by atoms with E-state index in [0.29, 0.717) is 6.04 Å². The van der Waals surface area contributed by atoms with E-state index < -0.39 is 0 Å². The second kappa shape index (κ2) is 3.25. The third-order valence-electron chi connectivity index (χ3n) is 2.36. The second-order valence-electron chi connectivity index (χ2n) is 3.20. The first-order valence-corrected chi connectivity index (χ1v) is 4.33. The van der Waals surface area contributed by atoms with Gasteiger partial charge in [0.25, 0.3) is 0 Å². The van der Waals surface area contributed by atoms with Crippen LogP contribution in [0, 0.1) is 0 Å². The van der Waals surface area contributed by atoms with Gasteiger partial charge in [0.05, 0.1) is 6.61 Å². The largest absolute Gasteiger partial charge is 0.392 e. The lowest BCUT2D eigenvalue weighted by Crippen LogP contribution is -2.34. The summed E-state index contributed by atoms with van der Waals surface area (Å²) in [5.74, 6) is 0. The third kappa shape index (κ3) is 1.36. The van der Waals surface area contributed by atoms with Crippen LogP contribution in [0.1, 0.15) is 23.6 Å². The molecule has 1 aromatic carbocycles. The van der Waals surface area contributed by atoms with E-state index in [9.17, 15) is 0 Å². The monoisotopic (exact) mass is 163 g/mol. The molecule has 1 aliphatic heterocycles. The maximum Gasteiger partial charge on any atom is 0.0681 e. The van der Waals surface area contributed by atoms with Crippen LogP contribution in [0.25, 0.3) is 0 Å². The van der Waals surface area contributed by atoms with Crippen molar-refractivity contribution >= 4 is 0 Å². The van der Waals surface area contributed by atoms with Gasteiger partial charge in [-0.1, -0.05) is 24.3 Å². The molecule has 0 bridgehead atoms. The summed E-state index contributed by atoms with van der Waals surface area (Å²) in [7, 11) is 0. The Morgan fingerprint density at radius 3 is 2.92 bits per heavy atom. The number of rotatable bonds is 2. The van der Waals surface area contributed by atoms with Crippen molar-refractivity contribution in [2.45, 2.75) is 19.1 Å². The zero-order valence-corrected chi connectivity index (χ0v) is 6.96. The Balaban J connectivity index is 2.19. The van der Waals surface area contributed by atoms with Crippen molar-refractivity contribution < 1.29 is 5.11 Å². The summed E-state index contributed by atoms with van der Waals surface area (Å²) < 4.78 is 0. The van der Waals surface area contributed by atoms with Crippen LogP contribution in [-0.2, 0) is 6.61 Å². The van der Waals surface area contributed by atoms with Crippen LogP contribution in [0.15, 0.2) is 24.3 Å². The molecular weight excluding hydrogens is 150 g/mol. The van der Waals surface area contributed by atoms with Gasteiger partial charge < -0.3 is 10.4 Å². The molecule has 1 unspecified atom stereocenters. The van der Waals surface area contributed by atoms with E-state index in [1.807, 2.05) is 12.1 Å². The first-order valence-electron chi connectivity index (χ1n) is 4.33. The fourth-order valence-corrected chi connectivity index (χ4v) is 1.48. The lowest BCUT2D eigenvalue weighted by atomic mass is 9.97. The topological polar surface area (TPSA) is 32.3 Å². The number of aliphatic hydroxyl groups is 1. The molecule has 0 radical (unpaired) electrons. The minimum absolute atomic E-state index is 0.139. The van der Waals surface area contributed by atoms with Crippen molar-refractivity contribution in [2.24, 2.45) is 0 Å². The summed E-state index contributed by atoms with van der Waals surface area (Å²) in [6.07, 6.45) is 1.22. The highest BCUT2D eigenvalue weighted by atomic mass is 16.3. The van der Waals surface area contributed by atoms with E-state index in [4.69, 9.17) is 5.11 Å². The van der Waals surface area contributed by atoms with Crippen LogP contribution in [0.5, 0.6) is 0 Å². The zero-order valence-electron chi connectivity index (χ0n) is 6.96. The average Bonchev–Trinajstić information content (AvgIpc) is 2.02. The summed E-state index contributed by atoms with van der Waals surface area (Å²) in [5, 5.41) is 12.2. The third-order valence-corrected chi connectivity index (χ3v) is 2.36. The van der Waals surface area contributed by atoms with E-state index >= 15 is 0 Å². The molecule has 1 aliphatic rings. The summed E-state index contributed by atoms with van der Waals surface area (Å²) >= 11 is 0. The first-order chi connectivity index (χ1) is 5.90. The lowest BCUT2D eigenvalue weighted by molar-refractivity contribution is 0.281. The van der Waals surface area contributed by atoms with Crippen LogP contribution >= 0.6 is 0 Å². The Morgan fingerprint density at radius 1 is 1.50 bits per heavy atom. The van der Waals surface area contributed by atoms with Crippen LogP contribution < -0.4 is 5.32 Å². The van der Waals surface area contributed by atoms with Crippen LogP contribution in [0.4, 0.5) is 0 Å². The number of aliphatic hydroxyl groups excluding tert-OH is 1. The van der Waals surface area contributed by atoms with Crippen molar-refractivity contribution in [1.82, 2.24) is 5.32 Å². The Labute approximate surface area is 72.2 Å². The molecule has 0 aromatic heterocycles. The number of hydrogen-bond acceptors (Lipinski definition) is 2. The molecule has 0 aliphatic carbocycles. The van der Waals surface area contributed by atoms with Gasteiger partial charge in [-0.15, -0.1) is 0 Å². The molecule has 2 N–H and O–H groups in total. The number of nitrogens with one attached hydrogen (secondary N) is 1. The maximum atomic E-state index is 8.91. The maximum absolute atomic E-state index is 8.91. The molecule has 1 atom stereocenters. The molecule has 0 spiro atoms. The molecule has 1 aromatic rings. The minimum atomic E-state index is 0.139. The smallest absolute Gasteiger partial charge is 0.0681 e. The number of benzene rings is 1. The molecule has 0 amide bonds. The van der Waals surface area contributed by atoms with Crippen molar-refractivity contribution in [1.29, 1.82) is 0 Å². The van der Waals surface area contributed by atoms with Crippen LogP contribution in [0.3, 0.4) is 0 Å². The SMILES string of the molecule is OCc1cccc(C2CCN2)c1. The van der Waals surface area contributed by atoms with Gasteiger partial charge >= 0.3 is 0 Å². The van der Waals surface area contributed by atoms with Gasteiger partial charge in [0, 0.05) is 6.04 Å². The Morgan fingerprint density at radius 2 is 2.33 bits per heavy atom. The highest BCUT2D eigenvalue weighted by molar-refractivity contribution is 5.26. The molecule has 0 saturated carbocycles. The predicted octanol–water partition coefficient (Wildman–Crippen LogP) is 1.21. The standard InChI is InChI=1S/C10H13NO/c12-7-8-2-1-3-9(6-8)10-4-5-11-10/h1-3,6,10-12H,4-5,7H2. The quantitative estimate of drug-likeness (QED) is 0.687. The normalized spacial score (nSPS) is 21.9. The Hall–Kier alpha value is -0.860. The fraction of sp³-hybridized carbons (Fsp3) is 0.400. The minimum Gasteiger partial charge on any atom is -0.392 e. The van der Waals surface area contributed by atoms with Crippen molar-refractivity contribution in [3.05, 3.63) is 35.4 Å². The molecule has 2 rings (SSSR count). The Kier molecular flexibility index (Phi) is 2.11. The molecule has 1 heterocycles. The molecule has 64 valence electrons. The van der Waals surface area contributed by atoms with E-state index in [0.717, 1.165) is 12.1 Å². The molecule has 1 fully saturated rings. The van der Waals surface area contributed by atoms with E-state index in [1.54, 1.807) is 0 Å². The molecule has 1 saturated heterocycles. The highest BCUT2D eigenvalue weighted by Gasteiger charge is 2.17. The molecule has 2 nitrogen and oxygen atoms in total. The van der Waals surface area contributed by atoms with Crippen LogP contribution in [0.2, 0.25) is 0 Å². The van der Waals surface area contributed by atoms with Crippen molar-refractivity contribution in [2.75, 3.05) is 6.54 Å². The number of hydrogen-bond donors (Lipinski definition) is 2. The van der Waals surface area contributed by atoms with Gasteiger partial charge in [-0.3, -0.25) is 0 Å². The van der Waals surface area contributed by atoms with Crippen LogP contribution in [-0.4, -0.2) is 11.7 Å². The van der Waals surface area contributed by atoms with E-state index in [1.165, 1.54) is 12.0 Å². The van der Waals surface area contributed by atoms with Gasteiger partial charge in [-0.2, -0.15) is 0 Å². The van der Waals surface area contributed by atoms with Gasteiger partial charge in [-0.25, -0.2) is 0 Å². The predicted molar refractivity (Wildman–Crippen MR) is 47.7 cm³/mol. The summed E-state index contributed by atoms with van der Waals surface area (Å²) in [6.45, 7) is 1.26. The Bertz CT molecular complexity index is 268. The molecule has 12 heavy (non-hydrogen) atoms. The molecule has 2 heteroatoms. The summed E-state index contributed by atoms with van der Waals surface area (Å²) in [6, 6.07) is 8.65. The molecular formula is C10H13NO. The van der Waals surface area contributed by atoms with Crippen molar-refractivity contribution in [3.8, 4) is 0 Å². The van der Waals surface area contributed by atoms with Gasteiger partial charge in [0.2, 0.25) is 0 Å². The summed E-state index contributed by atoms with van der Waals surface area (Å²) in [4.78, 5) is 0. The fourth-order valence-electron chi connectivity index (χ4n) is 1.48. The van der Waals surface area contributed by atoms with E-state index in [-0.39, 0.29) is 6.61 Å². The van der Waals surface area contributed by atoms with E-state index in [2.05, 4.69) is 17.4 Å². The lowest BCUT2D eigenvalue weighted by Gasteiger charge is -2.28.